The van der Waals surface area contributed by atoms with Gasteiger partial charge >= 0.3 is 0 Å². The van der Waals surface area contributed by atoms with Gasteiger partial charge in [0.1, 0.15) is 0 Å². The molecule has 0 amide bonds. The maximum atomic E-state index is 3.14. The van der Waals surface area contributed by atoms with E-state index in [1.54, 1.807) is 0 Å². The van der Waals surface area contributed by atoms with Crippen molar-refractivity contribution in [3.8, 4) is 0 Å². The smallest absolute Gasteiger partial charge is 0.0247 e. The first-order chi connectivity index (χ1) is 6.36. The number of benzene rings is 1. The lowest BCUT2D eigenvalue weighted by Crippen LogP contribution is -2.00. The van der Waals surface area contributed by atoms with Crippen LogP contribution in [0.4, 0.5) is 0 Å². The molecule has 13 heavy (non-hydrogen) atoms. The number of hydrogen-bond donors (Lipinski definition) is 1. The van der Waals surface area contributed by atoms with Crippen molar-refractivity contribution in [1.29, 1.82) is 0 Å². The van der Waals surface area contributed by atoms with Crippen LogP contribution in [0.15, 0.2) is 30.5 Å². The fourth-order valence-corrected chi connectivity index (χ4v) is 1.50. The minimum absolute atomic E-state index is 0.975. The molecule has 0 heterocycles. The Morgan fingerprint density at radius 2 is 2.00 bits per heavy atom. The molecule has 0 saturated carbocycles. The zero-order valence-electron chi connectivity index (χ0n) is 7.76. The Balaban J connectivity index is 2.58. The van der Waals surface area contributed by atoms with Crippen LogP contribution in [0.25, 0.3) is 6.08 Å². The average Bonchev–Trinajstić information content (AvgIpc) is 2.19. The summed E-state index contributed by atoms with van der Waals surface area (Å²) >= 11 is 2.37. The summed E-state index contributed by atoms with van der Waals surface area (Å²) < 4.78 is 1.08. The lowest BCUT2D eigenvalue weighted by molar-refractivity contribution is 0.924. The van der Waals surface area contributed by atoms with Gasteiger partial charge in [-0.1, -0.05) is 46.9 Å². The Kier molecular flexibility index (Phi) is 4.90. The molecule has 0 atom stereocenters. The van der Waals surface area contributed by atoms with Crippen LogP contribution in [0.2, 0.25) is 0 Å². The van der Waals surface area contributed by atoms with E-state index in [1.807, 2.05) is 6.20 Å². The molecule has 0 unspecified atom stereocenters. The van der Waals surface area contributed by atoms with Gasteiger partial charge in [-0.3, -0.25) is 0 Å². The highest BCUT2D eigenvalue weighted by molar-refractivity contribution is 14.1. The van der Waals surface area contributed by atoms with Crippen molar-refractivity contribution in [3.05, 3.63) is 41.6 Å². The fourth-order valence-electron chi connectivity index (χ4n) is 0.991. The van der Waals surface area contributed by atoms with Crippen LogP contribution in [0.3, 0.4) is 0 Å². The Morgan fingerprint density at radius 3 is 2.54 bits per heavy atom. The molecule has 70 valence electrons. The second kappa shape index (κ2) is 6.02. The van der Waals surface area contributed by atoms with Crippen molar-refractivity contribution in [3.63, 3.8) is 0 Å². The Hall–Kier alpha value is -0.510. The Morgan fingerprint density at radius 1 is 1.31 bits per heavy atom. The van der Waals surface area contributed by atoms with E-state index in [9.17, 15) is 0 Å². The van der Waals surface area contributed by atoms with Crippen molar-refractivity contribution >= 4 is 28.7 Å². The number of alkyl halides is 1. The molecule has 0 aliphatic rings. The van der Waals surface area contributed by atoms with Crippen LogP contribution in [0.1, 0.15) is 18.1 Å². The molecule has 2 heteroatoms. The van der Waals surface area contributed by atoms with Gasteiger partial charge in [-0.25, -0.2) is 0 Å². The molecule has 1 aromatic carbocycles. The minimum atomic E-state index is 0.975. The second-order valence-corrected chi connectivity index (χ2v) is 3.53. The van der Waals surface area contributed by atoms with Crippen LogP contribution < -0.4 is 5.32 Å². The van der Waals surface area contributed by atoms with Gasteiger partial charge in [0.05, 0.1) is 0 Å². The quantitative estimate of drug-likeness (QED) is 0.662. The predicted molar refractivity (Wildman–Crippen MR) is 66.9 cm³/mol. The van der Waals surface area contributed by atoms with Gasteiger partial charge in [0.15, 0.2) is 0 Å². The SMILES string of the molecule is CCN/C=C/c1ccc(CI)cc1. The third-order valence-electron chi connectivity index (χ3n) is 1.73. The maximum Gasteiger partial charge on any atom is 0.0247 e. The van der Waals surface area contributed by atoms with Gasteiger partial charge in [-0.05, 0) is 30.3 Å². The lowest BCUT2D eigenvalue weighted by Gasteiger charge is -1.97. The number of rotatable bonds is 4. The topological polar surface area (TPSA) is 12.0 Å². The number of hydrogen-bond acceptors (Lipinski definition) is 1. The van der Waals surface area contributed by atoms with Gasteiger partial charge in [0.2, 0.25) is 0 Å². The molecule has 1 N–H and O–H groups in total. The van der Waals surface area contributed by atoms with Crippen LogP contribution in [-0.2, 0) is 4.43 Å². The summed E-state index contributed by atoms with van der Waals surface area (Å²) in [4.78, 5) is 0. The van der Waals surface area contributed by atoms with Gasteiger partial charge < -0.3 is 5.32 Å². The largest absolute Gasteiger partial charge is 0.391 e. The average molecular weight is 287 g/mol. The molecule has 0 radical (unpaired) electrons. The fraction of sp³-hybridized carbons (Fsp3) is 0.273. The summed E-state index contributed by atoms with van der Waals surface area (Å²) in [5.74, 6) is 0. The molecule has 0 bridgehead atoms. The highest BCUT2D eigenvalue weighted by Crippen LogP contribution is 2.08. The number of halogens is 1. The van der Waals surface area contributed by atoms with Crippen molar-refractivity contribution in [2.24, 2.45) is 0 Å². The van der Waals surface area contributed by atoms with Gasteiger partial charge in [-0.2, -0.15) is 0 Å². The Labute approximate surface area is 93.4 Å². The van der Waals surface area contributed by atoms with Gasteiger partial charge in [0, 0.05) is 11.0 Å². The molecule has 0 spiro atoms. The van der Waals surface area contributed by atoms with E-state index in [1.165, 1.54) is 11.1 Å². The van der Waals surface area contributed by atoms with Crippen LogP contribution in [-0.4, -0.2) is 6.54 Å². The van der Waals surface area contributed by atoms with Crippen molar-refractivity contribution in [1.82, 2.24) is 5.32 Å². The molecule has 1 aromatic rings. The van der Waals surface area contributed by atoms with Crippen LogP contribution >= 0.6 is 22.6 Å². The predicted octanol–water partition coefficient (Wildman–Crippen LogP) is 3.20. The third-order valence-corrected chi connectivity index (χ3v) is 2.61. The van der Waals surface area contributed by atoms with E-state index in [4.69, 9.17) is 0 Å². The normalized spacial score (nSPS) is 10.6. The molecular formula is C11H14IN. The van der Waals surface area contributed by atoms with Gasteiger partial charge in [-0.15, -0.1) is 0 Å². The monoisotopic (exact) mass is 287 g/mol. The molecule has 1 nitrogen and oxygen atoms in total. The maximum absolute atomic E-state index is 3.14. The molecule has 0 aliphatic carbocycles. The van der Waals surface area contributed by atoms with E-state index in [0.29, 0.717) is 0 Å². The first kappa shape index (κ1) is 10.6. The zero-order valence-corrected chi connectivity index (χ0v) is 9.91. The summed E-state index contributed by atoms with van der Waals surface area (Å²) in [6.45, 7) is 3.06. The standard InChI is InChI=1S/C11H14IN/c1-2-13-8-7-10-3-5-11(9-12)6-4-10/h3-8,13H,2,9H2,1H3/b8-7+. The molecule has 1 rings (SSSR count). The summed E-state index contributed by atoms with van der Waals surface area (Å²) in [7, 11) is 0. The second-order valence-electron chi connectivity index (χ2n) is 2.77. The molecule has 0 fully saturated rings. The summed E-state index contributed by atoms with van der Waals surface area (Å²) in [6.07, 6.45) is 4.07. The Bertz CT molecular complexity index is 264. The third kappa shape index (κ3) is 3.81. The molecule has 0 aliphatic heterocycles. The summed E-state index contributed by atoms with van der Waals surface area (Å²) in [6, 6.07) is 8.61. The summed E-state index contributed by atoms with van der Waals surface area (Å²) in [5, 5.41) is 3.14. The van der Waals surface area contributed by atoms with E-state index >= 15 is 0 Å². The van der Waals surface area contributed by atoms with E-state index in [-0.39, 0.29) is 0 Å². The van der Waals surface area contributed by atoms with Crippen molar-refractivity contribution in [2.45, 2.75) is 11.4 Å². The first-order valence-corrected chi connectivity index (χ1v) is 5.94. The lowest BCUT2D eigenvalue weighted by atomic mass is 10.1. The van der Waals surface area contributed by atoms with Crippen molar-refractivity contribution in [2.75, 3.05) is 6.54 Å². The first-order valence-electron chi connectivity index (χ1n) is 4.41. The number of nitrogens with one attached hydrogen (secondary N) is 1. The van der Waals surface area contributed by atoms with E-state index in [0.717, 1.165) is 11.0 Å². The minimum Gasteiger partial charge on any atom is -0.391 e. The highest BCUT2D eigenvalue weighted by Gasteiger charge is 1.88. The highest BCUT2D eigenvalue weighted by atomic mass is 127. The summed E-state index contributed by atoms with van der Waals surface area (Å²) in [5.41, 5.74) is 2.62. The van der Waals surface area contributed by atoms with E-state index in [2.05, 4.69) is 65.2 Å². The molecular weight excluding hydrogens is 273 g/mol. The molecule has 0 aromatic heterocycles. The van der Waals surface area contributed by atoms with Crippen molar-refractivity contribution < 1.29 is 0 Å². The molecule has 0 saturated heterocycles. The zero-order chi connectivity index (χ0) is 9.52. The van der Waals surface area contributed by atoms with Crippen LogP contribution in [0, 0.1) is 0 Å². The van der Waals surface area contributed by atoms with Crippen LogP contribution in [0.5, 0.6) is 0 Å². The van der Waals surface area contributed by atoms with E-state index < -0.39 is 0 Å². The van der Waals surface area contributed by atoms with Gasteiger partial charge in [0.25, 0.3) is 0 Å².